The number of nitrogens with zero attached hydrogens (tertiary/aromatic N) is 3. The fourth-order valence-corrected chi connectivity index (χ4v) is 6.97. The fourth-order valence-electron chi connectivity index (χ4n) is 6.80. The maximum Gasteiger partial charge on any atom is 0.255 e. The van der Waals surface area contributed by atoms with Crippen LogP contribution >= 0.6 is 11.6 Å². The van der Waals surface area contributed by atoms with Crippen LogP contribution in [0.5, 0.6) is 11.5 Å². The molecule has 3 aromatic carbocycles. The molecule has 11 nitrogen and oxygen atoms in total. The van der Waals surface area contributed by atoms with Crippen molar-refractivity contribution in [1.29, 1.82) is 0 Å². The third-order valence-electron chi connectivity index (χ3n) is 10.0. The minimum Gasteiger partial charge on any atom is -0.496 e. The molecule has 1 aromatic heterocycles. The van der Waals surface area contributed by atoms with Gasteiger partial charge in [0.25, 0.3) is 5.91 Å². The Hall–Kier alpha value is -6.37. The van der Waals surface area contributed by atoms with Gasteiger partial charge in [-0.25, -0.2) is 14.4 Å². The van der Waals surface area contributed by atoms with E-state index in [1.807, 2.05) is 6.07 Å². The van der Waals surface area contributed by atoms with Gasteiger partial charge in [-0.05, 0) is 81.3 Å². The second-order valence-electron chi connectivity index (χ2n) is 14.7. The van der Waals surface area contributed by atoms with Crippen LogP contribution in [0.2, 0.25) is 5.02 Å². The van der Waals surface area contributed by atoms with Crippen molar-refractivity contribution in [3.63, 3.8) is 0 Å². The first kappa shape index (κ1) is 48.7. The Morgan fingerprint density at radius 2 is 1.47 bits per heavy atom. The first-order chi connectivity index (χ1) is 31.3. The summed E-state index contributed by atoms with van der Waals surface area (Å²) in [5.74, 6) is 0.293. The Kier molecular flexibility index (Phi) is 20.5. The Morgan fingerprint density at radius 1 is 0.781 bits per heavy atom. The van der Waals surface area contributed by atoms with Crippen molar-refractivity contribution in [1.82, 2.24) is 25.9 Å². The lowest BCUT2D eigenvalue weighted by molar-refractivity contribution is -0.121. The van der Waals surface area contributed by atoms with Gasteiger partial charge in [0.05, 0.1) is 43.3 Å². The molecule has 0 bridgehead atoms. The number of halogens is 2. The van der Waals surface area contributed by atoms with Crippen LogP contribution < -0.4 is 30.7 Å². The average Bonchev–Trinajstić information content (AvgIpc) is 3.45. The maximum absolute atomic E-state index is 15.3. The number of amides is 2. The van der Waals surface area contributed by atoms with Gasteiger partial charge < -0.3 is 30.7 Å². The van der Waals surface area contributed by atoms with E-state index in [1.165, 1.54) is 20.3 Å². The van der Waals surface area contributed by atoms with E-state index in [4.69, 9.17) is 31.1 Å². The van der Waals surface area contributed by atoms with E-state index in [0.717, 1.165) is 50.5 Å². The topological polar surface area (TPSA) is 139 Å². The van der Waals surface area contributed by atoms with Crippen LogP contribution in [0.25, 0.3) is 11.3 Å². The molecule has 336 valence electrons. The molecule has 1 aliphatic heterocycles. The van der Waals surface area contributed by atoms with E-state index in [9.17, 15) is 9.59 Å². The van der Waals surface area contributed by atoms with Gasteiger partial charge in [0.1, 0.15) is 17.3 Å². The number of rotatable bonds is 25. The number of aromatic nitrogens is 2. The number of hydrogen-bond donors (Lipinski definition) is 4. The standard InChI is InChI=1S/C51H59ClFN7O4/c1-4-5-6-7-8-9-10-11-12-13-14-15-16-17-18-19-20-24-46(61)55-31-29-54-30-32-56-50(62)41-28-26-39(34-45(41)64-3)59-51-58-36-37-35-57-49(47-43(53)22-21-23-44(47)63-2)42-33-38(52)25-27-40(42)48(37)60-51/h5-6,8-9,11-12,14-15,17-18,21-23,25-28,33-34,36,54H,4,7,10,13,16,19-20,24,29-32,35H2,1-3H3,(H,55,61)(H,56,62)(H,58,59,60). The Bertz CT molecular complexity index is 2360. The molecule has 64 heavy (non-hydrogen) atoms. The van der Waals surface area contributed by atoms with Gasteiger partial charge >= 0.3 is 0 Å². The van der Waals surface area contributed by atoms with E-state index < -0.39 is 5.82 Å². The Balaban J connectivity index is 1.00. The molecule has 4 aromatic rings. The minimum absolute atomic E-state index is 0.0306. The van der Waals surface area contributed by atoms with Crippen LogP contribution in [-0.2, 0) is 11.3 Å². The van der Waals surface area contributed by atoms with E-state index in [2.05, 4.69) is 93.9 Å². The fraction of sp³-hybridized carbons (Fsp3) is 0.314. The van der Waals surface area contributed by atoms with Crippen molar-refractivity contribution in [2.75, 3.05) is 45.7 Å². The van der Waals surface area contributed by atoms with E-state index in [1.54, 1.807) is 48.7 Å². The van der Waals surface area contributed by atoms with Crippen LogP contribution in [0.4, 0.5) is 16.0 Å². The normalized spacial score (nSPS) is 12.5. The molecule has 0 saturated heterocycles. The number of ether oxygens (including phenoxy) is 2. The quantitative estimate of drug-likeness (QED) is 0.0381. The lowest BCUT2D eigenvalue weighted by Gasteiger charge is -2.15. The smallest absolute Gasteiger partial charge is 0.255 e. The average molecular weight is 889 g/mol. The number of carbonyl (C=O) groups is 2. The second kappa shape index (κ2) is 27.0. The van der Waals surface area contributed by atoms with Crippen LogP contribution in [0, 0.1) is 5.82 Å². The predicted molar refractivity (Wildman–Crippen MR) is 258 cm³/mol. The van der Waals surface area contributed by atoms with Gasteiger partial charge in [-0.3, -0.25) is 14.6 Å². The lowest BCUT2D eigenvalue weighted by Crippen LogP contribution is -2.36. The molecule has 0 atom stereocenters. The van der Waals surface area contributed by atoms with Gasteiger partial charge in [-0.1, -0.05) is 91.4 Å². The Morgan fingerprint density at radius 3 is 2.17 bits per heavy atom. The molecule has 13 heteroatoms. The van der Waals surface area contributed by atoms with Crippen LogP contribution in [0.1, 0.15) is 85.3 Å². The van der Waals surface area contributed by atoms with Gasteiger partial charge in [0.2, 0.25) is 11.9 Å². The first-order valence-corrected chi connectivity index (χ1v) is 22.2. The molecular formula is C51H59ClFN7O4. The zero-order valence-corrected chi connectivity index (χ0v) is 37.7. The van der Waals surface area contributed by atoms with Crippen molar-refractivity contribution >= 4 is 40.8 Å². The predicted octanol–water partition coefficient (Wildman–Crippen LogP) is 10.4. The molecule has 0 fully saturated rings. The highest BCUT2D eigenvalue weighted by Gasteiger charge is 2.25. The molecule has 2 amide bonds. The summed E-state index contributed by atoms with van der Waals surface area (Å²) in [5, 5.41) is 12.8. The minimum atomic E-state index is -0.469. The highest BCUT2D eigenvalue weighted by atomic mass is 35.5. The number of carbonyl (C=O) groups excluding carboxylic acids is 2. The van der Waals surface area contributed by atoms with Crippen LogP contribution in [0.3, 0.4) is 0 Å². The number of methoxy groups -OCH3 is 2. The summed E-state index contributed by atoms with van der Waals surface area (Å²) in [5.41, 5.74) is 4.28. The first-order valence-electron chi connectivity index (χ1n) is 21.8. The van der Waals surface area contributed by atoms with Crippen molar-refractivity contribution in [2.24, 2.45) is 4.99 Å². The molecule has 1 aliphatic rings. The molecule has 4 N–H and O–H groups in total. The van der Waals surface area contributed by atoms with Crippen LogP contribution in [0.15, 0.2) is 127 Å². The number of allylic oxidation sites excluding steroid dienone is 10. The van der Waals surface area contributed by atoms with Crippen molar-refractivity contribution < 1.29 is 23.5 Å². The van der Waals surface area contributed by atoms with Gasteiger partial charge in [-0.15, -0.1) is 0 Å². The summed E-state index contributed by atoms with van der Waals surface area (Å²) in [6.07, 6.45) is 30.5. The lowest BCUT2D eigenvalue weighted by atomic mass is 9.94. The zero-order chi connectivity index (χ0) is 45.4. The summed E-state index contributed by atoms with van der Waals surface area (Å²) < 4.78 is 26.4. The van der Waals surface area contributed by atoms with E-state index in [0.29, 0.717) is 88.9 Å². The summed E-state index contributed by atoms with van der Waals surface area (Å²) in [7, 11) is 2.99. The number of benzene rings is 3. The largest absolute Gasteiger partial charge is 0.496 e. The van der Waals surface area contributed by atoms with Gasteiger partial charge in [0, 0.05) is 72.3 Å². The number of unbranched alkanes of at least 4 members (excludes halogenated alkanes) is 1. The monoisotopic (exact) mass is 887 g/mol. The third-order valence-corrected chi connectivity index (χ3v) is 10.3. The number of nitrogens with one attached hydrogen (secondary N) is 4. The summed E-state index contributed by atoms with van der Waals surface area (Å²) in [6, 6.07) is 15.1. The molecular weight excluding hydrogens is 829 g/mol. The van der Waals surface area contributed by atoms with Gasteiger partial charge in [-0.2, -0.15) is 0 Å². The molecule has 0 radical (unpaired) electrons. The molecule has 0 spiro atoms. The zero-order valence-electron chi connectivity index (χ0n) is 37.0. The SMILES string of the molecule is CCC=CCC=CCC=CCC=CCC=CCCCC(=O)NCCNCCNC(=O)c1ccc(Nc2ncc3c(n2)-c2ccc(Cl)cc2C(c2c(F)cccc2OC)=NC3)cc1OC. The highest BCUT2D eigenvalue weighted by Crippen LogP contribution is 2.36. The molecule has 2 heterocycles. The van der Waals surface area contributed by atoms with Crippen molar-refractivity contribution in [2.45, 2.75) is 64.8 Å². The Labute approximate surface area is 381 Å². The molecule has 0 saturated carbocycles. The van der Waals surface area contributed by atoms with Crippen molar-refractivity contribution in [3.05, 3.63) is 155 Å². The second-order valence-corrected chi connectivity index (χ2v) is 15.2. The summed E-state index contributed by atoms with van der Waals surface area (Å²) in [4.78, 5) is 39.5. The van der Waals surface area contributed by atoms with E-state index in [-0.39, 0.29) is 23.9 Å². The molecule has 0 unspecified atom stereocenters. The highest BCUT2D eigenvalue weighted by molar-refractivity contribution is 6.31. The number of anilines is 2. The molecule has 0 aliphatic carbocycles. The number of fused-ring (bicyclic) bond motifs is 3. The number of hydrogen-bond acceptors (Lipinski definition) is 9. The van der Waals surface area contributed by atoms with Crippen LogP contribution in [-0.4, -0.2) is 67.9 Å². The number of aliphatic imine (C=N–C) groups is 1. The summed E-state index contributed by atoms with van der Waals surface area (Å²) in [6.45, 7) is 4.34. The molecule has 5 rings (SSSR count). The van der Waals surface area contributed by atoms with Gasteiger partial charge in [0.15, 0.2) is 0 Å². The van der Waals surface area contributed by atoms with E-state index >= 15 is 4.39 Å². The van der Waals surface area contributed by atoms with Crippen molar-refractivity contribution in [3.8, 4) is 22.8 Å². The summed E-state index contributed by atoms with van der Waals surface area (Å²) >= 11 is 6.45. The third kappa shape index (κ3) is 15.2. The maximum atomic E-state index is 15.3.